The zero-order chi connectivity index (χ0) is 18.8. The topological polar surface area (TPSA) is 93.5 Å². The van der Waals surface area contributed by atoms with E-state index < -0.39 is 5.25 Å². The van der Waals surface area contributed by atoms with Gasteiger partial charge in [-0.05, 0) is 55.8 Å². The van der Waals surface area contributed by atoms with E-state index in [0.29, 0.717) is 27.7 Å². The van der Waals surface area contributed by atoms with E-state index >= 15 is 0 Å². The summed E-state index contributed by atoms with van der Waals surface area (Å²) < 4.78 is 1.60. The van der Waals surface area contributed by atoms with Crippen LogP contribution >= 0.6 is 11.8 Å². The third-order valence-electron chi connectivity index (χ3n) is 4.13. The summed E-state index contributed by atoms with van der Waals surface area (Å²) in [6.07, 6.45) is 0. The van der Waals surface area contributed by atoms with Crippen LogP contribution in [0.1, 0.15) is 46.0 Å². The van der Waals surface area contributed by atoms with Gasteiger partial charge < -0.3 is 4.98 Å². The van der Waals surface area contributed by atoms with Crippen molar-refractivity contribution in [2.24, 2.45) is 0 Å². The molecular formula is C18H19N5O2S. The molecule has 0 unspecified atom stereocenters. The molecule has 0 amide bonds. The molecule has 3 aromatic rings. The van der Waals surface area contributed by atoms with Crippen LogP contribution in [0, 0.1) is 13.8 Å². The molecule has 2 heterocycles. The van der Waals surface area contributed by atoms with Crippen LogP contribution in [0.25, 0.3) is 5.69 Å². The van der Waals surface area contributed by atoms with E-state index in [1.54, 1.807) is 25.5 Å². The number of thioether (sulfide) groups is 1. The molecule has 3 rings (SSSR count). The number of nitrogens with zero attached hydrogens (tertiary/aromatic N) is 4. The van der Waals surface area contributed by atoms with E-state index in [9.17, 15) is 9.59 Å². The third kappa shape index (κ3) is 3.32. The van der Waals surface area contributed by atoms with Gasteiger partial charge >= 0.3 is 0 Å². The number of hydrogen-bond donors (Lipinski definition) is 1. The van der Waals surface area contributed by atoms with Crippen LogP contribution in [-0.2, 0) is 0 Å². The van der Waals surface area contributed by atoms with Gasteiger partial charge in [-0.25, -0.2) is 0 Å². The number of aryl methyl sites for hydroxylation is 1. The highest BCUT2D eigenvalue weighted by atomic mass is 32.2. The van der Waals surface area contributed by atoms with Gasteiger partial charge in [0.15, 0.2) is 11.6 Å². The zero-order valence-corrected chi connectivity index (χ0v) is 15.8. The zero-order valence-electron chi connectivity index (χ0n) is 15.0. The molecule has 0 aliphatic heterocycles. The summed E-state index contributed by atoms with van der Waals surface area (Å²) >= 11 is 1.28. The summed E-state index contributed by atoms with van der Waals surface area (Å²) in [6, 6.07) is 9.49. The van der Waals surface area contributed by atoms with Crippen LogP contribution in [0.5, 0.6) is 0 Å². The van der Waals surface area contributed by atoms with Gasteiger partial charge in [0.25, 0.3) is 0 Å². The molecule has 0 saturated carbocycles. The molecule has 0 aliphatic rings. The smallest absolute Gasteiger partial charge is 0.214 e. The van der Waals surface area contributed by atoms with Crippen LogP contribution in [0.4, 0.5) is 0 Å². The molecule has 0 saturated heterocycles. The second-order valence-electron chi connectivity index (χ2n) is 6.01. The highest BCUT2D eigenvalue weighted by Gasteiger charge is 2.26. The fourth-order valence-electron chi connectivity index (χ4n) is 2.92. The van der Waals surface area contributed by atoms with Crippen molar-refractivity contribution in [3.63, 3.8) is 0 Å². The molecule has 1 aromatic carbocycles. The number of aromatic nitrogens is 5. The van der Waals surface area contributed by atoms with Gasteiger partial charge in [0, 0.05) is 11.3 Å². The van der Waals surface area contributed by atoms with E-state index in [4.69, 9.17) is 0 Å². The molecule has 0 fully saturated rings. The number of carbonyl (C=O) groups is 2. The maximum atomic E-state index is 12.9. The summed E-state index contributed by atoms with van der Waals surface area (Å²) in [5, 5.41) is 11.9. The molecule has 7 nitrogen and oxygen atoms in total. The van der Waals surface area contributed by atoms with Crippen molar-refractivity contribution < 1.29 is 9.59 Å². The largest absolute Gasteiger partial charge is 0.355 e. The number of ketones is 2. The first-order valence-corrected chi connectivity index (χ1v) is 9.03. The fourth-order valence-corrected chi connectivity index (χ4v) is 3.79. The number of para-hydroxylation sites is 1. The molecule has 1 atom stereocenters. The minimum Gasteiger partial charge on any atom is -0.355 e. The summed E-state index contributed by atoms with van der Waals surface area (Å²) in [4.78, 5) is 27.7. The molecule has 2 aromatic heterocycles. The predicted molar refractivity (Wildman–Crippen MR) is 99.1 cm³/mol. The Bertz CT molecular complexity index is 961. The summed E-state index contributed by atoms with van der Waals surface area (Å²) in [5.41, 5.74) is 3.27. The third-order valence-corrected chi connectivity index (χ3v) is 5.16. The number of rotatable bonds is 6. The van der Waals surface area contributed by atoms with Gasteiger partial charge in [0.2, 0.25) is 5.16 Å². The van der Waals surface area contributed by atoms with Crippen molar-refractivity contribution in [1.29, 1.82) is 0 Å². The minimum atomic E-state index is -0.417. The molecule has 0 spiro atoms. The van der Waals surface area contributed by atoms with Crippen molar-refractivity contribution in [2.75, 3.05) is 0 Å². The highest BCUT2D eigenvalue weighted by Crippen LogP contribution is 2.27. The Morgan fingerprint density at radius 3 is 2.50 bits per heavy atom. The van der Waals surface area contributed by atoms with Crippen LogP contribution in [-0.4, -0.2) is 42.0 Å². The van der Waals surface area contributed by atoms with Crippen molar-refractivity contribution in [3.05, 3.63) is 52.8 Å². The Labute approximate surface area is 155 Å². The molecule has 1 N–H and O–H groups in total. The average molecular weight is 369 g/mol. The Balaban J connectivity index is 1.85. The standard InChI is InChI=1S/C18H19N5O2S/c1-10-15(12(3)24)11(2)19-16(10)17(25)13(4)26-18-20-21-22-23(18)14-8-6-5-7-9-14/h5-9,13,19H,1-4H3/t13-/m1/s1. The first-order chi connectivity index (χ1) is 12.4. The number of carbonyl (C=O) groups excluding carboxylic acids is 2. The van der Waals surface area contributed by atoms with Gasteiger partial charge in [0.05, 0.1) is 16.6 Å². The van der Waals surface area contributed by atoms with Crippen LogP contribution < -0.4 is 0 Å². The lowest BCUT2D eigenvalue weighted by molar-refractivity contribution is 0.0988. The lowest BCUT2D eigenvalue weighted by Crippen LogP contribution is -2.16. The highest BCUT2D eigenvalue weighted by molar-refractivity contribution is 8.00. The Morgan fingerprint density at radius 1 is 1.19 bits per heavy atom. The monoisotopic (exact) mass is 369 g/mol. The van der Waals surface area contributed by atoms with Crippen molar-refractivity contribution in [1.82, 2.24) is 25.2 Å². The lowest BCUT2D eigenvalue weighted by atomic mass is 10.0. The maximum Gasteiger partial charge on any atom is 0.214 e. The van der Waals surface area contributed by atoms with E-state index in [-0.39, 0.29) is 11.6 Å². The van der Waals surface area contributed by atoms with E-state index in [2.05, 4.69) is 20.5 Å². The van der Waals surface area contributed by atoms with Crippen LogP contribution in [0.15, 0.2) is 35.5 Å². The fraction of sp³-hybridized carbons (Fsp3) is 0.278. The van der Waals surface area contributed by atoms with Crippen molar-refractivity contribution in [3.8, 4) is 5.69 Å². The molecular weight excluding hydrogens is 350 g/mol. The van der Waals surface area contributed by atoms with Gasteiger partial charge in [-0.1, -0.05) is 30.0 Å². The molecule has 8 heteroatoms. The molecule has 0 radical (unpaired) electrons. The number of hydrogen-bond acceptors (Lipinski definition) is 6. The first kappa shape index (κ1) is 18.1. The summed E-state index contributed by atoms with van der Waals surface area (Å²) in [7, 11) is 0. The average Bonchev–Trinajstić information content (AvgIpc) is 3.19. The van der Waals surface area contributed by atoms with Gasteiger partial charge in [-0.3, -0.25) is 9.59 Å². The first-order valence-electron chi connectivity index (χ1n) is 8.15. The Morgan fingerprint density at radius 2 is 1.88 bits per heavy atom. The number of benzene rings is 1. The summed E-state index contributed by atoms with van der Waals surface area (Å²) in [6.45, 7) is 6.90. The predicted octanol–water partition coefficient (Wildman–Crippen LogP) is 3.17. The normalized spacial score (nSPS) is 12.2. The Kier molecular flexibility index (Phi) is 5.03. The number of tetrazole rings is 1. The van der Waals surface area contributed by atoms with Gasteiger partial charge in [-0.2, -0.15) is 4.68 Å². The summed E-state index contributed by atoms with van der Waals surface area (Å²) in [5.74, 6) is -0.144. The van der Waals surface area contributed by atoms with Gasteiger partial charge in [0.1, 0.15) is 0 Å². The molecule has 26 heavy (non-hydrogen) atoms. The maximum absolute atomic E-state index is 12.9. The number of H-pyrrole nitrogens is 1. The SMILES string of the molecule is CC(=O)c1c(C)[nH]c(C(=O)[C@@H](C)Sc2nnnn2-c2ccccc2)c1C. The second kappa shape index (κ2) is 7.25. The number of nitrogens with one attached hydrogen (secondary N) is 1. The van der Waals surface area contributed by atoms with Gasteiger partial charge in [-0.15, -0.1) is 5.10 Å². The van der Waals surface area contributed by atoms with E-state index in [0.717, 1.165) is 5.69 Å². The number of aromatic amines is 1. The second-order valence-corrected chi connectivity index (χ2v) is 7.32. The quantitative estimate of drug-likeness (QED) is 0.530. The lowest BCUT2D eigenvalue weighted by Gasteiger charge is -2.10. The van der Waals surface area contributed by atoms with E-state index in [1.807, 2.05) is 30.3 Å². The molecule has 0 bridgehead atoms. The Hall–Kier alpha value is -2.74. The molecule has 134 valence electrons. The van der Waals surface area contributed by atoms with E-state index in [1.165, 1.54) is 18.7 Å². The minimum absolute atomic E-state index is 0.0522. The van der Waals surface area contributed by atoms with Crippen LogP contribution in [0.2, 0.25) is 0 Å². The number of Topliss-reactive ketones (excluding diaryl/α,β-unsaturated/α-hetero) is 2. The van der Waals surface area contributed by atoms with Crippen molar-refractivity contribution in [2.45, 2.75) is 38.1 Å². The van der Waals surface area contributed by atoms with Crippen molar-refractivity contribution >= 4 is 23.3 Å². The molecule has 0 aliphatic carbocycles. The van der Waals surface area contributed by atoms with Crippen LogP contribution in [0.3, 0.4) is 0 Å².